The Balaban J connectivity index is 2.31. The second kappa shape index (κ2) is 8.59. The lowest BCUT2D eigenvalue weighted by Crippen LogP contribution is -2.27. The highest BCUT2D eigenvalue weighted by Gasteiger charge is 2.15. The number of hydrogen-bond acceptors (Lipinski definition) is 2. The number of likely N-dealkylation sites (N-methyl/N-ethyl adjacent to an activating group) is 1. The standard InChI is InChI=1S/C21H22Cl2N2O2/c1-12-9-15(18-10-16(20(24)26)7-8-19(18)23)5-6-17(12)11-25(4)21(27)13(2)14(3)22/h5-10H,11H2,1-4H3,(H2,24,26). The Kier molecular flexibility index (Phi) is 6.68. The first-order valence-corrected chi connectivity index (χ1v) is 9.15. The number of rotatable bonds is 5. The maximum atomic E-state index is 12.4. The fourth-order valence-corrected chi connectivity index (χ4v) is 3.01. The van der Waals surface area contributed by atoms with E-state index in [0.29, 0.717) is 27.7 Å². The number of aryl methyl sites for hydroxylation is 1. The number of carbonyl (C=O) groups is 2. The molecule has 0 aliphatic heterocycles. The van der Waals surface area contributed by atoms with E-state index in [1.165, 1.54) is 0 Å². The molecule has 2 rings (SSSR count). The average molecular weight is 405 g/mol. The summed E-state index contributed by atoms with van der Waals surface area (Å²) in [6.07, 6.45) is 0. The molecule has 0 radical (unpaired) electrons. The second-order valence-electron chi connectivity index (χ2n) is 6.52. The van der Waals surface area contributed by atoms with Crippen molar-refractivity contribution in [2.24, 2.45) is 5.73 Å². The first-order valence-electron chi connectivity index (χ1n) is 8.39. The van der Waals surface area contributed by atoms with Crippen molar-refractivity contribution in [3.63, 3.8) is 0 Å². The Bertz CT molecular complexity index is 932. The van der Waals surface area contributed by atoms with Crippen molar-refractivity contribution in [2.75, 3.05) is 7.05 Å². The third-order valence-electron chi connectivity index (χ3n) is 4.50. The number of amides is 2. The molecule has 142 valence electrons. The zero-order valence-corrected chi connectivity index (χ0v) is 17.3. The lowest BCUT2D eigenvalue weighted by Gasteiger charge is -2.20. The van der Waals surface area contributed by atoms with Crippen LogP contribution in [0.5, 0.6) is 0 Å². The van der Waals surface area contributed by atoms with Crippen molar-refractivity contribution < 1.29 is 9.59 Å². The molecule has 0 fully saturated rings. The van der Waals surface area contributed by atoms with Crippen molar-refractivity contribution >= 4 is 35.0 Å². The van der Waals surface area contributed by atoms with Gasteiger partial charge < -0.3 is 10.6 Å². The molecule has 0 atom stereocenters. The van der Waals surface area contributed by atoms with Gasteiger partial charge in [0.1, 0.15) is 0 Å². The summed E-state index contributed by atoms with van der Waals surface area (Å²) in [7, 11) is 1.74. The van der Waals surface area contributed by atoms with Gasteiger partial charge in [0.15, 0.2) is 0 Å². The van der Waals surface area contributed by atoms with Crippen LogP contribution in [0.3, 0.4) is 0 Å². The maximum Gasteiger partial charge on any atom is 0.250 e. The molecule has 4 nitrogen and oxygen atoms in total. The van der Waals surface area contributed by atoms with Crippen LogP contribution >= 0.6 is 23.2 Å². The van der Waals surface area contributed by atoms with Gasteiger partial charge in [-0.1, -0.05) is 41.4 Å². The van der Waals surface area contributed by atoms with Gasteiger partial charge in [-0.25, -0.2) is 0 Å². The molecule has 0 saturated carbocycles. The Morgan fingerprint density at radius 2 is 1.78 bits per heavy atom. The van der Waals surface area contributed by atoms with E-state index in [9.17, 15) is 9.59 Å². The van der Waals surface area contributed by atoms with Crippen LogP contribution in [0.25, 0.3) is 11.1 Å². The van der Waals surface area contributed by atoms with Crippen molar-refractivity contribution in [1.29, 1.82) is 0 Å². The zero-order chi connectivity index (χ0) is 20.3. The summed E-state index contributed by atoms with van der Waals surface area (Å²) in [5, 5.41) is 1.03. The fraction of sp³-hybridized carbons (Fsp3) is 0.238. The minimum atomic E-state index is -0.501. The smallest absolute Gasteiger partial charge is 0.250 e. The van der Waals surface area contributed by atoms with Crippen LogP contribution in [0.4, 0.5) is 0 Å². The van der Waals surface area contributed by atoms with Gasteiger partial charge in [0, 0.05) is 40.3 Å². The lowest BCUT2D eigenvalue weighted by atomic mass is 9.98. The predicted octanol–water partition coefficient (Wildman–Crippen LogP) is 4.91. The van der Waals surface area contributed by atoms with Crippen molar-refractivity contribution in [2.45, 2.75) is 27.3 Å². The van der Waals surface area contributed by atoms with Crippen LogP contribution in [0, 0.1) is 6.92 Å². The molecule has 2 amide bonds. The molecule has 0 heterocycles. The minimum Gasteiger partial charge on any atom is -0.366 e. The number of halogens is 2. The molecule has 0 unspecified atom stereocenters. The molecule has 2 aromatic carbocycles. The van der Waals surface area contributed by atoms with E-state index in [1.54, 1.807) is 44.0 Å². The van der Waals surface area contributed by atoms with Crippen molar-refractivity contribution in [3.8, 4) is 11.1 Å². The topological polar surface area (TPSA) is 63.4 Å². The highest BCUT2D eigenvalue weighted by molar-refractivity contribution is 6.33. The van der Waals surface area contributed by atoms with E-state index in [-0.39, 0.29) is 5.91 Å². The Hall–Kier alpha value is -2.30. The number of nitrogens with two attached hydrogens (primary N) is 1. The van der Waals surface area contributed by atoms with E-state index in [0.717, 1.165) is 22.3 Å². The lowest BCUT2D eigenvalue weighted by molar-refractivity contribution is -0.126. The van der Waals surface area contributed by atoms with Crippen LogP contribution in [-0.4, -0.2) is 23.8 Å². The number of carbonyl (C=O) groups excluding carboxylic acids is 2. The summed E-state index contributed by atoms with van der Waals surface area (Å²) in [6.45, 7) is 5.84. The van der Waals surface area contributed by atoms with Crippen LogP contribution in [-0.2, 0) is 11.3 Å². The summed E-state index contributed by atoms with van der Waals surface area (Å²) in [4.78, 5) is 25.4. The van der Waals surface area contributed by atoms with Crippen LogP contribution in [0.2, 0.25) is 5.02 Å². The molecule has 27 heavy (non-hydrogen) atoms. The van der Waals surface area contributed by atoms with Gasteiger partial charge in [0.2, 0.25) is 5.91 Å². The van der Waals surface area contributed by atoms with Gasteiger partial charge in [0.05, 0.1) is 0 Å². The van der Waals surface area contributed by atoms with Gasteiger partial charge in [0.25, 0.3) is 5.91 Å². The number of nitrogens with zero attached hydrogens (tertiary/aromatic N) is 1. The highest BCUT2D eigenvalue weighted by atomic mass is 35.5. The first kappa shape index (κ1) is 21.0. The van der Waals surface area contributed by atoms with Crippen LogP contribution < -0.4 is 5.73 Å². The summed E-state index contributed by atoms with van der Waals surface area (Å²) < 4.78 is 0. The summed E-state index contributed by atoms with van der Waals surface area (Å²) in [5.74, 6) is -0.609. The van der Waals surface area contributed by atoms with E-state index in [1.807, 2.05) is 25.1 Å². The first-order chi connectivity index (χ1) is 12.6. The molecule has 0 aromatic heterocycles. The van der Waals surface area contributed by atoms with E-state index < -0.39 is 5.91 Å². The molecular formula is C21H22Cl2N2O2. The summed E-state index contributed by atoms with van der Waals surface area (Å²) in [6, 6.07) is 10.8. The Morgan fingerprint density at radius 3 is 2.33 bits per heavy atom. The monoisotopic (exact) mass is 404 g/mol. The number of primary amides is 1. The van der Waals surface area contributed by atoms with Crippen molar-refractivity contribution in [1.82, 2.24) is 4.90 Å². The Morgan fingerprint density at radius 1 is 1.11 bits per heavy atom. The van der Waals surface area contributed by atoms with Crippen LogP contribution in [0.15, 0.2) is 47.0 Å². The van der Waals surface area contributed by atoms with E-state index in [4.69, 9.17) is 28.9 Å². The van der Waals surface area contributed by atoms with Crippen LogP contribution in [0.1, 0.15) is 35.3 Å². The van der Waals surface area contributed by atoms with Gasteiger partial charge >= 0.3 is 0 Å². The summed E-state index contributed by atoms with van der Waals surface area (Å²) >= 11 is 12.2. The fourth-order valence-electron chi connectivity index (χ4n) is 2.70. The zero-order valence-electron chi connectivity index (χ0n) is 15.8. The number of allylic oxidation sites excluding steroid dienone is 1. The minimum absolute atomic E-state index is 0.108. The largest absolute Gasteiger partial charge is 0.366 e. The predicted molar refractivity (Wildman–Crippen MR) is 111 cm³/mol. The molecule has 0 aliphatic carbocycles. The van der Waals surface area contributed by atoms with E-state index in [2.05, 4.69) is 0 Å². The maximum absolute atomic E-state index is 12.4. The molecule has 0 saturated heterocycles. The second-order valence-corrected chi connectivity index (χ2v) is 7.49. The molecular weight excluding hydrogens is 383 g/mol. The van der Waals surface area contributed by atoms with Gasteiger partial charge in [-0.05, 0) is 55.7 Å². The van der Waals surface area contributed by atoms with Gasteiger partial charge in [-0.3, -0.25) is 9.59 Å². The Labute approximate surface area is 169 Å². The number of benzene rings is 2. The molecule has 2 N–H and O–H groups in total. The summed E-state index contributed by atoms with van der Waals surface area (Å²) in [5.41, 5.74) is 9.94. The molecule has 0 spiro atoms. The normalized spacial score (nSPS) is 11.8. The highest BCUT2D eigenvalue weighted by Crippen LogP contribution is 2.30. The molecule has 6 heteroatoms. The third-order valence-corrected chi connectivity index (χ3v) is 5.11. The number of hydrogen-bond donors (Lipinski definition) is 1. The van der Waals surface area contributed by atoms with E-state index >= 15 is 0 Å². The molecule has 0 bridgehead atoms. The SMILES string of the molecule is CC(Cl)=C(C)C(=O)N(C)Cc1ccc(-c2cc(C(N)=O)ccc2Cl)cc1C. The molecule has 0 aliphatic rings. The molecule has 2 aromatic rings. The van der Waals surface area contributed by atoms with Gasteiger partial charge in [-0.2, -0.15) is 0 Å². The average Bonchev–Trinajstić information content (AvgIpc) is 2.62. The third kappa shape index (κ3) is 4.90. The van der Waals surface area contributed by atoms with Gasteiger partial charge in [-0.15, -0.1) is 0 Å². The quantitative estimate of drug-likeness (QED) is 0.719. The van der Waals surface area contributed by atoms with Crippen molar-refractivity contribution in [3.05, 3.63) is 68.7 Å².